The molecule has 3 rings (SSSR count). The summed E-state index contributed by atoms with van der Waals surface area (Å²) in [5, 5.41) is 20.9. The third kappa shape index (κ3) is 6.11. The number of halogens is 1. The Balaban J connectivity index is 1.40. The van der Waals surface area contributed by atoms with Crippen LogP contribution in [-0.2, 0) is 0 Å². The molecule has 0 aromatic heterocycles. The second-order valence-electron chi connectivity index (χ2n) is 7.90. The van der Waals surface area contributed by atoms with Crippen LogP contribution in [-0.4, -0.2) is 53.2 Å². The first-order valence-corrected chi connectivity index (χ1v) is 10.6. The van der Waals surface area contributed by atoms with Crippen molar-refractivity contribution < 1.29 is 24.1 Å². The van der Waals surface area contributed by atoms with Gasteiger partial charge in [-0.2, -0.15) is 0 Å². The molecule has 1 aliphatic heterocycles. The Morgan fingerprint density at radius 2 is 1.73 bits per heavy atom. The van der Waals surface area contributed by atoms with Gasteiger partial charge in [0, 0.05) is 18.5 Å². The van der Waals surface area contributed by atoms with Gasteiger partial charge in [-0.05, 0) is 73.8 Å². The lowest BCUT2D eigenvalue weighted by molar-refractivity contribution is 0.0278. The van der Waals surface area contributed by atoms with Crippen LogP contribution >= 0.6 is 0 Å². The smallest absolute Gasteiger partial charge is 0.162 e. The SMILES string of the molecule is CCC(=O)c1ccc(OCC(O)CN2CCC(C(O)c3ccc(F)cc3)CC2)cc1. The second kappa shape index (κ2) is 10.7. The first kappa shape index (κ1) is 22.4. The van der Waals surface area contributed by atoms with Crippen molar-refractivity contribution in [2.75, 3.05) is 26.2 Å². The Labute approximate surface area is 177 Å². The van der Waals surface area contributed by atoms with Gasteiger partial charge in [-0.15, -0.1) is 0 Å². The lowest BCUT2D eigenvalue weighted by Gasteiger charge is -2.35. The van der Waals surface area contributed by atoms with Gasteiger partial charge in [-0.3, -0.25) is 4.79 Å². The number of piperidine rings is 1. The van der Waals surface area contributed by atoms with Crippen molar-refractivity contribution in [1.82, 2.24) is 4.90 Å². The number of rotatable bonds is 9. The Bertz CT molecular complexity index is 801. The monoisotopic (exact) mass is 415 g/mol. The van der Waals surface area contributed by atoms with E-state index in [1.165, 1.54) is 12.1 Å². The van der Waals surface area contributed by atoms with E-state index in [0.717, 1.165) is 31.5 Å². The third-order valence-corrected chi connectivity index (χ3v) is 5.70. The van der Waals surface area contributed by atoms with Crippen molar-refractivity contribution >= 4 is 5.78 Å². The van der Waals surface area contributed by atoms with E-state index in [0.29, 0.717) is 24.3 Å². The highest BCUT2D eigenvalue weighted by atomic mass is 19.1. The molecule has 2 aromatic rings. The van der Waals surface area contributed by atoms with Gasteiger partial charge in [0.1, 0.15) is 24.3 Å². The van der Waals surface area contributed by atoms with Crippen LogP contribution in [0.5, 0.6) is 5.75 Å². The van der Waals surface area contributed by atoms with Crippen LogP contribution in [0.1, 0.15) is 48.2 Å². The first-order valence-electron chi connectivity index (χ1n) is 10.6. The summed E-state index contributed by atoms with van der Waals surface area (Å²) in [6.07, 6.45) is 0.887. The number of carbonyl (C=O) groups is 1. The highest BCUT2D eigenvalue weighted by Gasteiger charge is 2.27. The predicted octanol–water partition coefficient (Wildman–Crippen LogP) is 3.60. The van der Waals surface area contributed by atoms with Gasteiger partial charge >= 0.3 is 0 Å². The molecule has 1 heterocycles. The number of hydrogen-bond acceptors (Lipinski definition) is 5. The number of ether oxygens (including phenoxy) is 1. The van der Waals surface area contributed by atoms with Crippen LogP contribution in [0, 0.1) is 11.7 Å². The molecule has 0 saturated carbocycles. The third-order valence-electron chi connectivity index (χ3n) is 5.70. The molecule has 5 nitrogen and oxygen atoms in total. The molecule has 0 bridgehead atoms. The Morgan fingerprint density at radius 3 is 2.33 bits per heavy atom. The van der Waals surface area contributed by atoms with Crippen molar-refractivity contribution in [3.8, 4) is 5.75 Å². The summed E-state index contributed by atoms with van der Waals surface area (Å²) in [5.41, 5.74) is 1.41. The molecule has 2 N–H and O–H groups in total. The van der Waals surface area contributed by atoms with E-state index in [4.69, 9.17) is 4.74 Å². The number of benzene rings is 2. The maximum absolute atomic E-state index is 13.1. The maximum Gasteiger partial charge on any atom is 0.162 e. The molecule has 1 fully saturated rings. The van der Waals surface area contributed by atoms with Crippen LogP contribution in [0.4, 0.5) is 4.39 Å². The highest BCUT2D eigenvalue weighted by molar-refractivity contribution is 5.95. The molecule has 162 valence electrons. The molecule has 1 aliphatic rings. The summed E-state index contributed by atoms with van der Waals surface area (Å²) in [6, 6.07) is 13.0. The number of nitrogens with zero attached hydrogens (tertiary/aromatic N) is 1. The molecule has 0 amide bonds. The van der Waals surface area contributed by atoms with Crippen LogP contribution in [0.2, 0.25) is 0 Å². The zero-order valence-corrected chi connectivity index (χ0v) is 17.3. The Morgan fingerprint density at radius 1 is 1.10 bits per heavy atom. The molecule has 2 aromatic carbocycles. The topological polar surface area (TPSA) is 70.0 Å². The molecular weight excluding hydrogens is 385 g/mol. The number of carbonyl (C=O) groups excluding carboxylic acids is 1. The highest BCUT2D eigenvalue weighted by Crippen LogP contribution is 2.30. The summed E-state index contributed by atoms with van der Waals surface area (Å²) in [5.74, 6) is 0.546. The van der Waals surface area contributed by atoms with Crippen LogP contribution in [0.25, 0.3) is 0 Å². The number of Topliss-reactive ketones (excluding diaryl/α,β-unsaturated/α-hetero) is 1. The van der Waals surface area contributed by atoms with Crippen LogP contribution < -0.4 is 4.74 Å². The molecule has 0 aliphatic carbocycles. The molecule has 30 heavy (non-hydrogen) atoms. The Kier molecular flexibility index (Phi) is 7.96. The lowest BCUT2D eigenvalue weighted by atomic mass is 9.87. The zero-order chi connectivity index (χ0) is 21.5. The minimum Gasteiger partial charge on any atom is -0.491 e. The van der Waals surface area contributed by atoms with Gasteiger partial charge in [0.25, 0.3) is 0 Å². The summed E-state index contributed by atoms with van der Waals surface area (Å²) < 4.78 is 18.7. The second-order valence-corrected chi connectivity index (χ2v) is 7.90. The van der Waals surface area contributed by atoms with Crippen molar-refractivity contribution in [1.29, 1.82) is 0 Å². The standard InChI is InChI=1S/C24H30FNO4/c1-2-23(28)17-5-9-22(10-6-17)30-16-21(27)15-26-13-11-19(12-14-26)24(29)18-3-7-20(25)8-4-18/h3-10,19,21,24,27,29H,2,11-16H2,1H3. The normalized spacial score (nSPS) is 17.5. The van der Waals surface area contributed by atoms with Gasteiger partial charge in [-0.1, -0.05) is 19.1 Å². The number of likely N-dealkylation sites (tertiary alicyclic amines) is 1. The first-order chi connectivity index (χ1) is 14.5. The number of β-amino-alcohol motifs (C(OH)–C–C–N with tert-alkyl or cyclic N) is 1. The fraction of sp³-hybridized carbons (Fsp3) is 0.458. The number of hydrogen-bond donors (Lipinski definition) is 2. The van der Waals surface area contributed by atoms with E-state index in [1.807, 2.05) is 6.92 Å². The maximum atomic E-state index is 13.1. The van der Waals surface area contributed by atoms with E-state index in [9.17, 15) is 19.4 Å². The van der Waals surface area contributed by atoms with E-state index < -0.39 is 12.2 Å². The van der Waals surface area contributed by atoms with E-state index in [1.54, 1.807) is 36.4 Å². The molecule has 2 atom stereocenters. The Hall–Kier alpha value is -2.28. The van der Waals surface area contributed by atoms with Crippen molar-refractivity contribution in [2.45, 2.75) is 38.4 Å². The lowest BCUT2D eigenvalue weighted by Crippen LogP contribution is -2.41. The van der Waals surface area contributed by atoms with Crippen LogP contribution in [0.15, 0.2) is 48.5 Å². The summed E-state index contributed by atoms with van der Waals surface area (Å²) in [7, 11) is 0. The van der Waals surface area contributed by atoms with Crippen molar-refractivity contribution in [2.24, 2.45) is 5.92 Å². The molecule has 6 heteroatoms. The van der Waals surface area contributed by atoms with Gasteiger partial charge in [0.15, 0.2) is 5.78 Å². The van der Waals surface area contributed by atoms with Gasteiger partial charge in [-0.25, -0.2) is 4.39 Å². The zero-order valence-electron chi connectivity index (χ0n) is 17.3. The minimum atomic E-state index is -0.625. The summed E-state index contributed by atoms with van der Waals surface area (Å²) in [4.78, 5) is 13.8. The van der Waals surface area contributed by atoms with Crippen molar-refractivity contribution in [3.05, 3.63) is 65.5 Å². The minimum absolute atomic E-state index is 0.0922. The fourth-order valence-corrected chi connectivity index (χ4v) is 3.87. The number of aliphatic hydroxyl groups is 2. The van der Waals surface area contributed by atoms with E-state index in [2.05, 4.69) is 4.90 Å². The average molecular weight is 416 g/mol. The quantitative estimate of drug-likeness (QED) is 0.613. The predicted molar refractivity (Wildman–Crippen MR) is 113 cm³/mol. The fourth-order valence-electron chi connectivity index (χ4n) is 3.87. The molecule has 2 unspecified atom stereocenters. The molecule has 1 saturated heterocycles. The van der Waals surface area contributed by atoms with Gasteiger partial charge in [0.05, 0.1) is 6.10 Å². The van der Waals surface area contributed by atoms with Gasteiger partial charge in [0.2, 0.25) is 0 Å². The molecular formula is C24H30FNO4. The molecule has 0 radical (unpaired) electrons. The van der Waals surface area contributed by atoms with E-state index in [-0.39, 0.29) is 24.1 Å². The summed E-state index contributed by atoms with van der Waals surface area (Å²) >= 11 is 0. The average Bonchev–Trinajstić information content (AvgIpc) is 2.78. The van der Waals surface area contributed by atoms with Gasteiger partial charge < -0.3 is 19.8 Å². The summed E-state index contributed by atoms with van der Waals surface area (Å²) in [6.45, 7) is 4.09. The van der Waals surface area contributed by atoms with Crippen molar-refractivity contribution in [3.63, 3.8) is 0 Å². The number of ketones is 1. The van der Waals surface area contributed by atoms with Crippen LogP contribution in [0.3, 0.4) is 0 Å². The van der Waals surface area contributed by atoms with E-state index >= 15 is 0 Å². The largest absolute Gasteiger partial charge is 0.491 e. The number of aliphatic hydroxyl groups excluding tert-OH is 2. The molecule has 0 spiro atoms.